The minimum absolute atomic E-state index is 0. The van der Waals surface area contributed by atoms with E-state index in [1.54, 1.807) is 66.9 Å². The van der Waals surface area contributed by atoms with E-state index in [0.717, 1.165) is 22.3 Å². The maximum atomic E-state index is 12.4. The second-order valence-corrected chi connectivity index (χ2v) is 17.7. The van der Waals surface area contributed by atoms with E-state index >= 15 is 0 Å². The number of rotatable bonds is 6. The molecule has 4 nitrogen and oxygen atoms in total. The van der Waals surface area contributed by atoms with Crippen molar-refractivity contribution in [2.45, 2.75) is 92.1 Å². The number of aromatic hydroxyl groups is 1. The molecular weight excluding hydrogens is 926 g/mol. The van der Waals surface area contributed by atoms with Gasteiger partial charge in [-0.25, -0.2) is 4.98 Å². The number of para-hydroxylation sites is 1. The Labute approximate surface area is 393 Å². The second kappa shape index (κ2) is 16.4. The summed E-state index contributed by atoms with van der Waals surface area (Å²) < 4.78 is 103. The SMILES string of the molecule is [2H]C([2H])([2H])c1ccc(-c2ccnc(-c3[c-]c(-c4cccc5c4nc(-c4cc(C)cc(C(C)(C)C)c4O)n5-c4ccc(C(C([2H])([2H])[2H])(C([2H])([2H])[2H])C([2H])([2H])[2H])cc4-c4ccccc4)cc(C(C)(C)C)c3)c2)cc1.[Pt]. The van der Waals surface area contributed by atoms with Gasteiger partial charge < -0.3 is 5.11 Å². The molecular formula is C56H56N3OPt-. The van der Waals surface area contributed by atoms with Crippen LogP contribution in [0.25, 0.3) is 72.7 Å². The molecule has 2 aromatic heterocycles. The molecule has 2 heterocycles. The Morgan fingerprint density at radius 1 is 0.607 bits per heavy atom. The van der Waals surface area contributed by atoms with Crippen LogP contribution >= 0.6 is 0 Å². The van der Waals surface area contributed by atoms with Crippen LogP contribution in [0.2, 0.25) is 0 Å². The molecule has 0 aliphatic carbocycles. The minimum atomic E-state index is -3.50. The summed E-state index contributed by atoms with van der Waals surface area (Å²) >= 11 is 0. The summed E-state index contributed by atoms with van der Waals surface area (Å²) in [5.74, 6) is 0.312. The Morgan fingerprint density at radius 2 is 1.34 bits per heavy atom. The first-order valence-electron chi connectivity index (χ1n) is 26.0. The van der Waals surface area contributed by atoms with E-state index in [1.165, 1.54) is 12.1 Å². The molecule has 0 aliphatic heterocycles. The van der Waals surface area contributed by atoms with Gasteiger partial charge in [0.25, 0.3) is 0 Å². The molecule has 0 aliphatic rings. The first kappa shape index (κ1) is 30.5. The molecule has 5 heteroatoms. The van der Waals surface area contributed by atoms with Crippen molar-refractivity contribution < 1.29 is 42.6 Å². The van der Waals surface area contributed by atoms with Crippen LogP contribution < -0.4 is 0 Å². The van der Waals surface area contributed by atoms with Gasteiger partial charge in [0.15, 0.2) is 0 Å². The predicted octanol–water partition coefficient (Wildman–Crippen LogP) is 14.8. The van der Waals surface area contributed by atoms with Crippen molar-refractivity contribution >= 4 is 11.0 Å². The smallest absolute Gasteiger partial charge is 0.148 e. The van der Waals surface area contributed by atoms with Gasteiger partial charge in [0.1, 0.15) is 11.6 Å². The predicted molar refractivity (Wildman–Crippen MR) is 252 cm³/mol. The zero-order valence-corrected chi connectivity index (χ0v) is 37.6. The molecule has 0 saturated carbocycles. The van der Waals surface area contributed by atoms with Gasteiger partial charge >= 0.3 is 0 Å². The third-order valence-corrected chi connectivity index (χ3v) is 11.0. The number of benzene rings is 6. The molecule has 0 radical (unpaired) electrons. The average molecular weight is 994 g/mol. The molecule has 61 heavy (non-hydrogen) atoms. The van der Waals surface area contributed by atoms with Crippen LogP contribution in [-0.2, 0) is 37.3 Å². The Bertz CT molecular complexity index is 3300. The summed E-state index contributed by atoms with van der Waals surface area (Å²) in [6.45, 7) is 1.54. The van der Waals surface area contributed by atoms with Gasteiger partial charge in [-0.1, -0.05) is 164 Å². The van der Waals surface area contributed by atoms with Gasteiger partial charge in [-0.05, 0) is 88.2 Å². The summed E-state index contributed by atoms with van der Waals surface area (Å²) in [6, 6.07) is 41.0. The van der Waals surface area contributed by atoms with E-state index in [4.69, 9.17) is 26.4 Å². The first-order chi connectivity index (χ1) is 33.3. The van der Waals surface area contributed by atoms with E-state index in [0.29, 0.717) is 67.2 Å². The molecule has 1 N–H and O–H groups in total. The van der Waals surface area contributed by atoms with Gasteiger partial charge in [-0.2, -0.15) is 0 Å². The normalized spacial score (nSPS) is 15.9. The minimum Gasteiger partial charge on any atom is -0.507 e. The first-order valence-corrected chi connectivity index (χ1v) is 20.0. The van der Waals surface area contributed by atoms with Crippen molar-refractivity contribution in [3.05, 3.63) is 167 Å². The average Bonchev–Trinajstić information content (AvgIpc) is 3.67. The topological polar surface area (TPSA) is 50.9 Å². The maximum Gasteiger partial charge on any atom is 0.148 e. The van der Waals surface area contributed by atoms with Crippen molar-refractivity contribution in [2.75, 3.05) is 0 Å². The van der Waals surface area contributed by atoms with Gasteiger partial charge in [0.05, 0.1) is 22.3 Å². The molecule has 0 spiro atoms. The van der Waals surface area contributed by atoms with Crippen LogP contribution in [0.1, 0.15) is 106 Å². The van der Waals surface area contributed by atoms with Gasteiger partial charge in [0.2, 0.25) is 0 Å². The Morgan fingerprint density at radius 3 is 2.03 bits per heavy atom. The Balaban J connectivity index is 0.00000780. The molecule has 0 amide bonds. The summed E-state index contributed by atoms with van der Waals surface area (Å²) in [6.07, 6.45) is 1.71. The Hall–Kier alpha value is -5.57. The van der Waals surface area contributed by atoms with Crippen LogP contribution in [0.15, 0.2) is 134 Å². The van der Waals surface area contributed by atoms with Crippen molar-refractivity contribution in [3.8, 4) is 67.5 Å². The van der Waals surface area contributed by atoms with E-state index in [9.17, 15) is 5.11 Å². The maximum absolute atomic E-state index is 12.4. The molecule has 6 aromatic carbocycles. The van der Waals surface area contributed by atoms with Crippen LogP contribution in [0.5, 0.6) is 5.75 Å². The largest absolute Gasteiger partial charge is 0.507 e. The third kappa shape index (κ3) is 8.66. The number of fused-ring (bicyclic) bond motifs is 1. The molecule has 8 rings (SSSR count). The number of pyridine rings is 1. The van der Waals surface area contributed by atoms with Crippen molar-refractivity contribution in [1.82, 2.24) is 14.5 Å². The number of hydrogen-bond donors (Lipinski definition) is 1. The van der Waals surface area contributed by atoms with E-state index in [-0.39, 0.29) is 37.8 Å². The van der Waals surface area contributed by atoms with E-state index in [2.05, 4.69) is 39.0 Å². The monoisotopic (exact) mass is 993 g/mol. The fraction of sp³-hybridized carbons (Fsp3) is 0.250. The van der Waals surface area contributed by atoms with Crippen molar-refractivity contribution in [2.24, 2.45) is 0 Å². The zero-order chi connectivity index (χ0) is 52.7. The molecule has 8 aromatic rings. The quantitative estimate of drug-likeness (QED) is 0.169. The number of aromatic nitrogens is 3. The summed E-state index contributed by atoms with van der Waals surface area (Å²) in [4.78, 5) is 10.2. The zero-order valence-electron chi connectivity index (χ0n) is 47.3. The number of aryl methyl sites for hydroxylation is 2. The van der Waals surface area contributed by atoms with Crippen LogP contribution in [0, 0.1) is 19.8 Å². The van der Waals surface area contributed by atoms with Crippen molar-refractivity contribution in [3.63, 3.8) is 0 Å². The molecule has 0 bridgehead atoms. The number of imidazole rings is 1. The number of phenolic OH excluding ortho intramolecular Hbond substituents is 1. The molecule has 312 valence electrons. The molecule has 0 unspecified atom stereocenters. The Kier molecular flexibility index (Phi) is 8.17. The van der Waals surface area contributed by atoms with Crippen LogP contribution in [0.3, 0.4) is 0 Å². The van der Waals surface area contributed by atoms with Crippen LogP contribution in [-0.4, -0.2) is 19.6 Å². The molecule has 0 fully saturated rings. The van der Waals surface area contributed by atoms with Gasteiger partial charge in [-0.3, -0.25) is 9.55 Å². The second-order valence-electron chi connectivity index (χ2n) is 17.7. The number of nitrogens with zero attached hydrogens (tertiary/aromatic N) is 3. The third-order valence-electron chi connectivity index (χ3n) is 11.0. The summed E-state index contributed by atoms with van der Waals surface area (Å²) in [7, 11) is 0. The van der Waals surface area contributed by atoms with Gasteiger partial charge in [-0.15, -0.1) is 29.3 Å². The molecule has 0 saturated heterocycles. The number of phenols is 1. The standard InChI is InChI=1S/C56H56N3O.Pt/c1-35-20-22-37(23-21-35)39-26-27-57-48(33-39)41-30-40(31-43(32-41)55(6,7)8)44-18-15-19-50-51(44)58-53(46-28-36(2)29-47(52(46)60)56(9,10)11)59(50)49-25-24-42(54(3,4)5)34-45(49)38-16-13-12-14-17-38;/h12-29,31-34,60H,1-11H3;/q-1;/i1D3,3D3,4D3,5D3;. The van der Waals surface area contributed by atoms with Crippen LogP contribution in [0.4, 0.5) is 0 Å². The van der Waals surface area contributed by atoms with Gasteiger partial charge in [0, 0.05) is 60.5 Å². The fourth-order valence-electron chi connectivity index (χ4n) is 7.78. The fourth-order valence-corrected chi connectivity index (χ4v) is 7.78. The number of hydrogen-bond acceptors (Lipinski definition) is 3. The van der Waals surface area contributed by atoms with E-state index < -0.39 is 43.8 Å². The molecule has 0 atom stereocenters. The summed E-state index contributed by atoms with van der Waals surface area (Å²) in [5.41, 5.74) is 5.32. The van der Waals surface area contributed by atoms with E-state index in [1.807, 2.05) is 74.7 Å². The van der Waals surface area contributed by atoms with Crippen molar-refractivity contribution in [1.29, 1.82) is 0 Å². The summed E-state index contributed by atoms with van der Waals surface area (Å²) in [5, 5.41) is 12.4.